The van der Waals surface area contributed by atoms with Crippen molar-refractivity contribution in [3.05, 3.63) is 58.8 Å². The molecule has 3 heteroatoms. The summed E-state index contributed by atoms with van der Waals surface area (Å²) in [5, 5.41) is 0. The van der Waals surface area contributed by atoms with Gasteiger partial charge in [-0.05, 0) is 25.1 Å². The van der Waals surface area contributed by atoms with Crippen LogP contribution in [0.25, 0.3) is 5.69 Å². The molecule has 0 bridgehead atoms. The molecule has 0 radical (unpaired) electrons. The summed E-state index contributed by atoms with van der Waals surface area (Å²) in [5.41, 5.74) is 1.69. The van der Waals surface area contributed by atoms with E-state index in [1.54, 1.807) is 23.0 Å². The van der Waals surface area contributed by atoms with Gasteiger partial charge in [0.05, 0.1) is 11.9 Å². The topological polar surface area (TPSA) is 34.9 Å². The van der Waals surface area contributed by atoms with Gasteiger partial charge < -0.3 is 0 Å². The molecule has 0 fully saturated rings. The third kappa shape index (κ3) is 3.87. The minimum Gasteiger partial charge on any atom is -0.283 e. The molecule has 2 aromatic rings. The number of pyridine rings is 2. The standard InChI is InChI=1S/C11H10N2O.C3H8/c1-9-5-6-10(8-12-9)13-7-3-2-4-11(13)14;1-3-2/h2-8H,1H3;3H2,1-2H3. The van der Waals surface area contributed by atoms with Gasteiger partial charge in [0.15, 0.2) is 0 Å². The van der Waals surface area contributed by atoms with Crippen molar-refractivity contribution in [3.8, 4) is 5.69 Å². The molecule has 0 aliphatic rings. The van der Waals surface area contributed by atoms with Gasteiger partial charge in [0.1, 0.15) is 0 Å². The normalized spacial score (nSPS) is 9.35. The first-order valence-electron chi connectivity index (χ1n) is 5.79. The highest BCUT2D eigenvalue weighted by molar-refractivity contribution is 5.29. The van der Waals surface area contributed by atoms with E-state index in [0.29, 0.717) is 0 Å². The van der Waals surface area contributed by atoms with Gasteiger partial charge >= 0.3 is 0 Å². The van der Waals surface area contributed by atoms with E-state index in [-0.39, 0.29) is 5.56 Å². The van der Waals surface area contributed by atoms with Gasteiger partial charge in [0, 0.05) is 18.0 Å². The predicted molar refractivity (Wildman–Crippen MR) is 70.5 cm³/mol. The molecule has 0 amide bonds. The molecule has 0 aromatic carbocycles. The van der Waals surface area contributed by atoms with E-state index in [0.717, 1.165) is 11.4 Å². The quantitative estimate of drug-likeness (QED) is 0.755. The van der Waals surface area contributed by atoms with Gasteiger partial charge in [0.25, 0.3) is 5.56 Å². The Labute approximate surface area is 102 Å². The van der Waals surface area contributed by atoms with E-state index >= 15 is 0 Å². The fourth-order valence-electron chi connectivity index (χ4n) is 1.24. The summed E-state index contributed by atoms with van der Waals surface area (Å²) in [6.07, 6.45) is 4.67. The van der Waals surface area contributed by atoms with Crippen LogP contribution in [-0.4, -0.2) is 9.55 Å². The Hall–Kier alpha value is -1.90. The molecule has 90 valence electrons. The Balaban J connectivity index is 0.000000437. The zero-order valence-electron chi connectivity index (χ0n) is 10.6. The van der Waals surface area contributed by atoms with Crippen LogP contribution < -0.4 is 5.56 Å². The van der Waals surface area contributed by atoms with E-state index < -0.39 is 0 Å². The molecule has 0 saturated heterocycles. The van der Waals surface area contributed by atoms with Crippen molar-refractivity contribution in [2.24, 2.45) is 0 Å². The second-order valence-electron chi connectivity index (χ2n) is 3.77. The SMILES string of the molecule is CCC.Cc1ccc(-n2ccccc2=O)cn1. The Bertz CT molecular complexity index is 500. The lowest BCUT2D eigenvalue weighted by atomic mass is 10.3. The second-order valence-corrected chi connectivity index (χ2v) is 3.77. The molecule has 0 aliphatic heterocycles. The first-order chi connectivity index (χ1) is 8.19. The van der Waals surface area contributed by atoms with Crippen LogP contribution in [0.2, 0.25) is 0 Å². The average Bonchev–Trinajstić information content (AvgIpc) is 2.32. The molecule has 0 aliphatic carbocycles. The van der Waals surface area contributed by atoms with Crippen molar-refractivity contribution >= 4 is 0 Å². The monoisotopic (exact) mass is 230 g/mol. The minimum absolute atomic E-state index is 0.0434. The lowest BCUT2D eigenvalue weighted by Gasteiger charge is -2.03. The summed E-state index contributed by atoms with van der Waals surface area (Å²) >= 11 is 0. The molecule has 2 aromatic heterocycles. The van der Waals surface area contributed by atoms with Crippen molar-refractivity contribution in [3.63, 3.8) is 0 Å². The van der Waals surface area contributed by atoms with Crippen molar-refractivity contribution in [1.29, 1.82) is 0 Å². The fraction of sp³-hybridized carbons (Fsp3) is 0.286. The number of hydrogen-bond donors (Lipinski definition) is 0. The molecular weight excluding hydrogens is 212 g/mol. The van der Waals surface area contributed by atoms with E-state index in [4.69, 9.17) is 0 Å². The largest absolute Gasteiger partial charge is 0.283 e. The maximum atomic E-state index is 11.4. The molecule has 2 rings (SSSR count). The first-order valence-corrected chi connectivity index (χ1v) is 5.79. The summed E-state index contributed by atoms with van der Waals surface area (Å²) < 4.78 is 1.56. The highest BCUT2D eigenvalue weighted by atomic mass is 16.1. The highest BCUT2D eigenvalue weighted by Gasteiger charge is 1.96. The van der Waals surface area contributed by atoms with Crippen LogP contribution in [0.1, 0.15) is 26.0 Å². The van der Waals surface area contributed by atoms with Crippen LogP contribution >= 0.6 is 0 Å². The molecule has 0 atom stereocenters. The van der Waals surface area contributed by atoms with Crippen molar-refractivity contribution in [2.75, 3.05) is 0 Å². The minimum atomic E-state index is -0.0434. The van der Waals surface area contributed by atoms with E-state index in [2.05, 4.69) is 18.8 Å². The van der Waals surface area contributed by atoms with E-state index in [1.807, 2.05) is 25.1 Å². The maximum absolute atomic E-state index is 11.4. The van der Waals surface area contributed by atoms with Gasteiger partial charge in [-0.25, -0.2) is 0 Å². The second kappa shape index (κ2) is 6.63. The van der Waals surface area contributed by atoms with Gasteiger partial charge in [0.2, 0.25) is 0 Å². The molecule has 3 nitrogen and oxygen atoms in total. The molecule has 17 heavy (non-hydrogen) atoms. The van der Waals surface area contributed by atoms with Crippen LogP contribution in [0, 0.1) is 6.92 Å². The number of rotatable bonds is 1. The summed E-state index contributed by atoms with van der Waals surface area (Å²) in [6.45, 7) is 6.16. The van der Waals surface area contributed by atoms with E-state index in [1.165, 1.54) is 12.5 Å². The van der Waals surface area contributed by atoms with Crippen LogP contribution in [0.4, 0.5) is 0 Å². The molecule has 0 saturated carbocycles. The molecule has 2 heterocycles. The third-order valence-corrected chi connectivity index (χ3v) is 2.00. The number of nitrogens with zero attached hydrogens (tertiary/aromatic N) is 2. The Morgan fingerprint density at radius 1 is 1.18 bits per heavy atom. The zero-order chi connectivity index (χ0) is 12.7. The smallest absolute Gasteiger partial charge is 0.255 e. The summed E-state index contributed by atoms with van der Waals surface area (Å²) in [4.78, 5) is 15.6. The third-order valence-electron chi connectivity index (χ3n) is 2.00. The molecular formula is C14H18N2O. The van der Waals surface area contributed by atoms with Gasteiger partial charge in [-0.15, -0.1) is 0 Å². The predicted octanol–water partition coefficient (Wildman–Crippen LogP) is 2.96. The number of hydrogen-bond acceptors (Lipinski definition) is 2. The Morgan fingerprint density at radius 3 is 2.41 bits per heavy atom. The summed E-state index contributed by atoms with van der Waals surface area (Å²) in [7, 11) is 0. The van der Waals surface area contributed by atoms with Crippen LogP contribution in [0.15, 0.2) is 47.5 Å². The van der Waals surface area contributed by atoms with Gasteiger partial charge in [-0.1, -0.05) is 26.3 Å². The van der Waals surface area contributed by atoms with Crippen molar-refractivity contribution < 1.29 is 0 Å². The van der Waals surface area contributed by atoms with Crippen molar-refractivity contribution in [2.45, 2.75) is 27.2 Å². The number of aromatic nitrogens is 2. The average molecular weight is 230 g/mol. The van der Waals surface area contributed by atoms with Gasteiger partial charge in [-0.3, -0.25) is 14.3 Å². The summed E-state index contributed by atoms with van der Waals surface area (Å²) in [6, 6.07) is 8.83. The van der Waals surface area contributed by atoms with Crippen LogP contribution in [0.3, 0.4) is 0 Å². The van der Waals surface area contributed by atoms with Gasteiger partial charge in [-0.2, -0.15) is 0 Å². The Kier molecular flexibility index (Phi) is 5.14. The van der Waals surface area contributed by atoms with E-state index in [9.17, 15) is 4.79 Å². The van der Waals surface area contributed by atoms with Crippen LogP contribution in [0.5, 0.6) is 0 Å². The highest BCUT2D eigenvalue weighted by Crippen LogP contribution is 2.02. The maximum Gasteiger partial charge on any atom is 0.255 e. The first kappa shape index (κ1) is 13.2. The number of aryl methyl sites for hydroxylation is 1. The molecule has 0 spiro atoms. The lowest BCUT2D eigenvalue weighted by Crippen LogP contribution is -2.15. The van der Waals surface area contributed by atoms with Crippen molar-refractivity contribution in [1.82, 2.24) is 9.55 Å². The lowest BCUT2D eigenvalue weighted by molar-refractivity contribution is 0.972. The molecule has 0 N–H and O–H groups in total. The zero-order valence-corrected chi connectivity index (χ0v) is 10.6. The van der Waals surface area contributed by atoms with Crippen LogP contribution in [-0.2, 0) is 0 Å². The Morgan fingerprint density at radius 2 is 1.88 bits per heavy atom. The molecule has 0 unspecified atom stereocenters. The summed E-state index contributed by atoms with van der Waals surface area (Å²) in [5.74, 6) is 0. The fourth-order valence-corrected chi connectivity index (χ4v) is 1.24.